The molecule has 1 aromatic rings. The highest BCUT2D eigenvalue weighted by molar-refractivity contribution is 8.14. The SMILES string of the molecule is O=PPC(=O)c1ccccc1. The van der Waals surface area contributed by atoms with Crippen LogP contribution in [0.2, 0.25) is 0 Å². The van der Waals surface area contributed by atoms with E-state index in [2.05, 4.69) is 0 Å². The topological polar surface area (TPSA) is 34.1 Å². The first-order chi connectivity index (χ1) is 5.34. The van der Waals surface area contributed by atoms with Crippen LogP contribution in [0.15, 0.2) is 30.3 Å². The highest BCUT2D eigenvalue weighted by Gasteiger charge is 2.02. The van der Waals surface area contributed by atoms with E-state index in [1.807, 2.05) is 6.07 Å². The second kappa shape index (κ2) is 4.33. The molecule has 0 N–H and O–H groups in total. The molecule has 1 atom stereocenters. The van der Waals surface area contributed by atoms with Crippen molar-refractivity contribution in [2.24, 2.45) is 0 Å². The molecule has 2 nitrogen and oxygen atoms in total. The van der Waals surface area contributed by atoms with Crippen LogP contribution in [0.4, 0.5) is 0 Å². The molecule has 0 aliphatic rings. The monoisotopic (exact) mass is 184 g/mol. The minimum absolute atomic E-state index is 0.0535. The average molecular weight is 184 g/mol. The molecule has 0 aromatic heterocycles. The lowest BCUT2D eigenvalue weighted by Gasteiger charge is -1.92. The average Bonchev–Trinajstić information content (AvgIpc) is 2.07. The van der Waals surface area contributed by atoms with Crippen LogP contribution in [0.25, 0.3) is 0 Å². The number of carbonyl (C=O) groups is 1. The van der Waals surface area contributed by atoms with Crippen LogP contribution in [0.3, 0.4) is 0 Å². The van der Waals surface area contributed by atoms with Gasteiger partial charge in [0.1, 0.15) is 0 Å². The fourth-order valence-corrected chi connectivity index (χ4v) is 1.71. The zero-order chi connectivity index (χ0) is 8.10. The maximum Gasteiger partial charge on any atom is 0.192 e. The number of benzene rings is 1. The number of carbonyl (C=O) groups excluding carboxylic acids is 1. The normalized spacial score (nSPS) is 10.9. The van der Waals surface area contributed by atoms with Gasteiger partial charge in [0.2, 0.25) is 0 Å². The van der Waals surface area contributed by atoms with Gasteiger partial charge in [-0.25, -0.2) is 0 Å². The third kappa shape index (κ3) is 2.49. The van der Waals surface area contributed by atoms with E-state index < -0.39 is 0 Å². The largest absolute Gasteiger partial charge is 0.288 e. The summed E-state index contributed by atoms with van der Waals surface area (Å²) in [6, 6.07) is 8.87. The summed E-state index contributed by atoms with van der Waals surface area (Å²) in [5, 5.41) is 0. The molecule has 0 bridgehead atoms. The quantitative estimate of drug-likeness (QED) is 0.676. The predicted molar refractivity (Wildman–Crippen MR) is 46.7 cm³/mol. The summed E-state index contributed by atoms with van der Waals surface area (Å²) in [7, 11) is -0.244. The molecular weight excluding hydrogens is 178 g/mol. The molecule has 0 saturated heterocycles. The molecule has 0 aliphatic heterocycles. The molecule has 0 amide bonds. The Kier molecular flexibility index (Phi) is 3.35. The summed E-state index contributed by atoms with van der Waals surface area (Å²) in [4.78, 5) is 11.1. The maximum atomic E-state index is 11.1. The first-order valence-electron chi connectivity index (χ1n) is 3.02. The lowest BCUT2D eigenvalue weighted by atomic mass is 10.2. The fraction of sp³-hybridized carbons (Fsp3) is 0. The van der Waals surface area contributed by atoms with Gasteiger partial charge in [-0.05, 0) is 0 Å². The van der Waals surface area contributed by atoms with Crippen molar-refractivity contribution in [3.8, 4) is 0 Å². The van der Waals surface area contributed by atoms with E-state index in [-0.39, 0.29) is 21.9 Å². The lowest BCUT2D eigenvalue weighted by molar-refractivity contribution is 0.108. The molecule has 0 fully saturated rings. The van der Waals surface area contributed by atoms with Crippen LogP contribution in [0.1, 0.15) is 10.4 Å². The van der Waals surface area contributed by atoms with E-state index in [0.29, 0.717) is 5.56 Å². The van der Waals surface area contributed by atoms with E-state index in [1.165, 1.54) is 0 Å². The second-order valence-corrected chi connectivity index (χ2v) is 3.98. The van der Waals surface area contributed by atoms with Crippen molar-refractivity contribution in [2.75, 3.05) is 0 Å². The molecule has 0 spiro atoms. The maximum absolute atomic E-state index is 11.1. The van der Waals surface area contributed by atoms with Gasteiger partial charge in [-0.15, -0.1) is 0 Å². The van der Waals surface area contributed by atoms with Crippen molar-refractivity contribution >= 4 is 21.9 Å². The zero-order valence-corrected chi connectivity index (χ0v) is 7.54. The smallest absolute Gasteiger partial charge is 0.192 e. The first kappa shape index (κ1) is 8.52. The van der Waals surface area contributed by atoms with E-state index in [1.54, 1.807) is 24.3 Å². The summed E-state index contributed by atoms with van der Waals surface area (Å²) in [6.45, 7) is 0. The number of hydrogen-bond donors (Lipinski definition) is 0. The Hall–Kier alpha value is -0.580. The zero-order valence-electron chi connectivity index (χ0n) is 5.65. The molecule has 0 aliphatic carbocycles. The minimum Gasteiger partial charge on any atom is -0.288 e. The van der Waals surface area contributed by atoms with Crippen LogP contribution in [-0.4, -0.2) is 5.52 Å². The Balaban J connectivity index is 2.77. The van der Waals surface area contributed by atoms with E-state index >= 15 is 0 Å². The summed E-state index contributed by atoms with van der Waals surface area (Å²) in [5.74, 6) is 0. The van der Waals surface area contributed by atoms with Gasteiger partial charge in [-0.1, -0.05) is 30.3 Å². The number of hydrogen-bond acceptors (Lipinski definition) is 2. The Labute approximate surface area is 67.9 Å². The molecule has 0 saturated carbocycles. The predicted octanol–water partition coefficient (Wildman–Crippen LogP) is 2.71. The molecule has 4 heteroatoms. The Morgan fingerprint density at radius 3 is 2.45 bits per heavy atom. The van der Waals surface area contributed by atoms with Crippen molar-refractivity contribution < 1.29 is 9.36 Å². The van der Waals surface area contributed by atoms with Gasteiger partial charge in [0.15, 0.2) is 13.7 Å². The van der Waals surface area contributed by atoms with Crippen molar-refractivity contribution in [1.82, 2.24) is 0 Å². The van der Waals surface area contributed by atoms with Gasteiger partial charge in [-0.2, -0.15) is 0 Å². The molecule has 56 valence electrons. The second-order valence-electron chi connectivity index (χ2n) is 1.90. The molecular formula is C7H6O2P2. The Bertz CT molecular complexity index is 258. The summed E-state index contributed by atoms with van der Waals surface area (Å²) in [6.07, 6.45) is 0. The minimum atomic E-state index is -0.156. The van der Waals surface area contributed by atoms with Gasteiger partial charge in [0.05, 0.1) is 8.27 Å². The molecule has 1 unspecified atom stereocenters. The highest BCUT2D eigenvalue weighted by Crippen LogP contribution is 2.30. The van der Waals surface area contributed by atoms with Crippen molar-refractivity contribution in [3.63, 3.8) is 0 Å². The Morgan fingerprint density at radius 2 is 1.91 bits per heavy atom. The third-order valence-electron chi connectivity index (χ3n) is 1.18. The molecule has 1 rings (SSSR count). The third-order valence-corrected chi connectivity index (χ3v) is 2.65. The molecule has 0 radical (unpaired) electrons. The van der Waals surface area contributed by atoms with Gasteiger partial charge in [-0.3, -0.25) is 9.36 Å². The van der Waals surface area contributed by atoms with Gasteiger partial charge >= 0.3 is 0 Å². The van der Waals surface area contributed by atoms with Crippen molar-refractivity contribution in [2.45, 2.75) is 0 Å². The highest BCUT2D eigenvalue weighted by atomic mass is 32.0. The van der Waals surface area contributed by atoms with E-state index in [4.69, 9.17) is 0 Å². The van der Waals surface area contributed by atoms with E-state index in [0.717, 1.165) is 0 Å². The van der Waals surface area contributed by atoms with Crippen LogP contribution in [0, 0.1) is 0 Å². The molecule has 0 heterocycles. The van der Waals surface area contributed by atoms with E-state index in [9.17, 15) is 9.36 Å². The van der Waals surface area contributed by atoms with Gasteiger partial charge < -0.3 is 0 Å². The number of rotatable bonds is 3. The van der Waals surface area contributed by atoms with Crippen LogP contribution < -0.4 is 0 Å². The lowest BCUT2D eigenvalue weighted by Crippen LogP contribution is -1.86. The molecule has 1 aromatic carbocycles. The standard InChI is InChI=1S/C7H6O2P2/c8-7(10-11-9)6-4-2-1-3-5-6/h1-5,10H. The fourth-order valence-electron chi connectivity index (χ4n) is 0.696. The van der Waals surface area contributed by atoms with Gasteiger partial charge in [0.25, 0.3) is 0 Å². The summed E-state index contributed by atoms with van der Waals surface area (Å²) in [5.41, 5.74) is 0.580. The van der Waals surface area contributed by atoms with Crippen LogP contribution >= 0.6 is 16.4 Å². The van der Waals surface area contributed by atoms with Gasteiger partial charge in [0, 0.05) is 5.56 Å². The summed E-state index contributed by atoms with van der Waals surface area (Å²) >= 11 is 0. The molecule has 11 heavy (non-hydrogen) atoms. The van der Waals surface area contributed by atoms with Crippen LogP contribution in [0.5, 0.6) is 0 Å². The van der Waals surface area contributed by atoms with Crippen molar-refractivity contribution in [3.05, 3.63) is 35.9 Å². The Morgan fingerprint density at radius 1 is 1.27 bits per heavy atom. The van der Waals surface area contributed by atoms with Crippen LogP contribution in [-0.2, 0) is 4.57 Å². The first-order valence-corrected chi connectivity index (χ1v) is 5.67. The summed E-state index contributed by atoms with van der Waals surface area (Å²) < 4.78 is 10.1. The van der Waals surface area contributed by atoms with Crippen molar-refractivity contribution in [1.29, 1.82) is 0 Å².